The van der Waals surface area contributed by atoms with Crippen molar-refractivity contribution in [1.29, 1.82) is 0 Å². The molecule has 104 valence electrons. The molecule has 0 spiro atoms. The number of pyridine rings is 1. The van der Waals surface area contributed by atoms with Gasteiger partial charge in [0, 0.05) is 18.0 Å². The number of hydrogen-bond donors (Lipinski definition) is 2. The van der Waals surface area contributed by atoms with Crippen LogP contribution in [0.5, 0.6) is 11.5 Å². The Kier molecular flexibility index (Phi) is 5.71. The fourth-order valence-corrected chi connectivity index (χ4v) is 1.28. The Labute approximate surface area is 115 Å². The van der Waals surface area contributed by atoms with Crippen LogP contribution in [0.15, 0.2) is 42.7 Å². The topological polar surface area (TPSA) is 103 Å². The van der Waals surface area contributed by atoms with Crippen LogP contribution in [0, 0.1) is 0 Å². The van der Waals surface area contributed by atoms with Crippen molar-refractivity contribution >= 4 is 12.2 Å². The van der Waals surface area contributed by atoms with E-state index in [1.807, 2.05) is 0 Å². The highest BCUT2D eigenvalue weighted by atomic mass is 16.5. The minimum atomic E-state index is -0.442. The number of aromatic nitrogens is 1. The van der Waals surface area contributed by atoms with E-state index in [9.17, 15) is 9.59 Å². The van der Waals surface area contributed by atoms with Gasteiger partial charge in [0.05, 0.1) is 12.7 Å². The summed E-state index contributed by atoms with van der Waals surface area (Å²) in [4.78, 5) is 24.3. The van der Waals surface area contributed by atoms with Crippen LogP contribution in [0.2, 0.25) is 0 Å². The Morgan fingerprint density at radius 3 is 2.60 bits per heavy atom. The average molecular weight is 274 g/mol. The number of ether oxygens (including phenoxy) is 1. The highest BCUT2D eigenvalue weighted by Gasteiger charge is 2.00. The summed E-state index contributed by atoms with van der Waals surface area (Å²) in [5.74, 6) is -0.0872. The minimum Gasteiger partial charge on any atom is -0.504 e. The lowest BCUT2D eigenvalue weighted by atomic mass is 10.2. The summed E-state index contributed by atoms with van der Waals surface area (Å²) in [6, 6.07) is 7.70. The van der Waals surface area contributed by atoms with Crippen LogP contribution >= 0.6 is 0 Å². The van der Waals surface area contributed by atoms with Crippen LogP contribution in [0.3, 0.4) is 0 Å². The molecule has 0 aliphatic carbocycles. The second-order valence-corrected chi connectivity index (χ2v) is 3.66. The van der Waals surface area contributed by atoms with E-state index in [1.165, 1.54) is 31.5 Å². The van der Waals surface area contributed by atoms with Crippen molar-refractivity contribution in [2.45, 2.75) is 0 Å². The van der Waals surface area contributed by atoms with Gasteiger partial charge in [-0.05, 0) is 30.3 Å². The highest BCUT2D eigenvalue weighted by molar-refractivity contribution is 5.92. The number of phenols is 1. The maximum atomic E-state index is 10.4. The summed E-state index contributed by atoms with van der Waals surface area (Å²) in [5.41, 5.74) is 5.86. The van der Waals surface area contributed by atoms with Gasteiger partial charge < -0.3 is 15.6 Å². The molecule has 2 rings (SSSR count). The molecule has 0 fully saturated rings. The number of hydrogen-bond acceptors (Lipinski definition) is 5. The predicted molar refractivity (Wildman–Crippen MR) is 72.8 cm³/mol. The van der Waals surface area contributed by atoms with E-state index in [2.05, 4.69) is 4.98 Å². The Balaban J connectivity index is 0.000000204. The standard InChI is InChI=1S/C8H8O3.C6H6N2O/c1-11-8-4-6(5-9)2-3-7(8)10;7-6(9)5-2-1-3-8-4-5/h2-5,10H,1H3;1-4H,(H2,7,9). The number of phenolic OH excluding ortho intramolecular Hbond substituents is 1. The molecule has 20 heavy (non-hydrogen) atoms. The second kappa shape index (κ2) is 7.52. The quantitative estimate of drug-likeness (QED) is 0.823. The Morgan fingerprint density at radius 1 is 1.40 bits per heavy atom. The zero-order chi connectivity index (χ0) is 15.0. The van der Waals surface area contributed by atoms with Crippen LogP contribution in [-0.2, 0) is 0 Å². The first-order chi connectivity index (χ1) is 9.58. The van der Waals surface area contributed by atoms with Crippen LogP contribution in [-0.4, -0.2) is 29.4 Å². The van der Waals surface area contributed by atoms with Crippen molar-refractivity contribution in [3.05, 3.63) is 53.9 Å². The van der Waals surface area contributed by atoms with Crippen LogP contribution in [0.1, 0.15) is 20.7 Å². The van der Waals surface area contributed by atoms with Crippen molar-refractivity contribution in [1.82, 2.24) is 4.98 Å². The van der Waals surface area contributed by atoms with Crippen molar-refractivity contribution in [2.75, 3.05) is 7.11 Å². The zero-order valence-electron chi connectivity index (χ0n) is 10.8. The van der Waals surface area contributed by atoms with Gasteiger partial charge in [0.15, 0.2) is 11.5 Å². The van der Waals surface area contributed by atoms with Crippen molar-refractivity contribution in [3.8, 4) is 11.5 Å². The molecule has 2 aromatic rings. The van der Waals surface area contributed by atoms with E-state index in [0.29, 0.717) is 23.2 Å². The minimum absolute atomic E-state index is 0.0399. The molecular weight excluding hydrogens is 260 g/mol. The number of benzene rings is 1. The molecule has 1 amide bonds. The molecule has 6 nitrogen and oxygen atoms in total. The first-order valence-corrected chi connectivity index (χ1v) is 5.60. The van der Waals surface area contributed by atoms with E-state index in [1.54, 1.807) is 18.3 Å². The fraction of sp³-hybridized carbons (Fsp3) is 0.0714. The lowest BCUT2D eigenvalue weighted by Gasteiger charge is -2.01. The van der Waals surface area contributed by atoms with Gasteiger partial charge in [0.25, 0.3) is 0 Å². The van der Waals surface area contributed by atoms with Gasteiger partial charge >= 0.3 is 0 Å². The van der Waals surface area contributed by atoms with Crippen LogP contribution in [0.25, 0.3) is 0 Å². The van der Waals surface area contributed by atoms with Gasteiger partial charge in [-0.15, -0.1) is 0 Å². The van der Waals surface area contributed by atoms with E-state index in [4.69, 9.17) is 15.6 Å². The first-order valence-electron chi connectivity index (χ1n) is 5.60. The molecule has 0 bridgehead atoms. The van der Waals surface area contributed by atoms with Gasteiger partial charge in [-0.3, -0.25) is 14.6 Å². The zero-order valence-corrected chi connectivity index (χ0v) is 10.8. The third-order valence-electron chi connectivity index (χ3n) is 2.29. The summed E-state index contributed by atoms with van der Waals surface area (Å²) in [5, 5.41) is 9.09. The number of rotatable bonds is 3. The lowest BCUT2D eigenvalue weighted by molar-refractivity contribution is 0.0999. The Bertz CT molecular complexity index is 585. The number of aromatic hydroxyl groups is 1. The van der Waals surface area contributed by atoms with E-state index in [-0.39, 0.29) is 5.75 Å². The van der Waals surface area contributed by atoms with Gasteiger partial charge in [-0.25, -0.2) is 0 Å². The largest absolute Gasteiger partial charge is 0.504 e. The third-order valence-corrected chi connectivity index (χ3v) is 2.29. The molecule has 1 aromatic heterocycles. The maximum absolute atomic E-state index is 10.4. The SMILES string of the molecule is COc1cc(C=O)ccc1O.NC(=O)c1cccnc1. The molecular formula is C14H14N2O4. The van der Waals surface area contributed by atoms with E-state index in [0.717, 1.165) is 0 Å². The molecule has 0 saturated carbocycles. The smallest absolute Gasteiger partial charge is 0.250 e. The molecule has 3 N–H and O–H groups in total. The molecule has 6 heteroatoms. The lowest BCUT2D eigenvalue weighted by Crippen LogP contribution is -2.10. The second-order valence-electron chi connectivity index (χ2n) is 3.66. The summed E-state index contributed by atoms with van der Waals surface area (Å²) in [6.07, 6.45) is 3.72. The maximum Gasteiger partial charge on any atom is 0.250 e. The molecule has 0 aliphatic rings. The highest BCUT2D eigenvalue weighted by Crippen LogP contribution is 2.25. The number of amides is 1. The van der Waals surface area contributed by atoms with Gasteiger partial charge in [-0.1, -0.05) is 0 Å². The molecule has 0 unspecified atom stereocenters. The molecule has 1 aromatic carbocycles. The van der Waals surface area contributed by atoms with Crippen molar-refractivity contribution in [3.63, 3.8) is 0 Å². The van der Waals surface area contributed by atoms with E-state index < -0.39 is 5.91 Å². The number of carbonyl (C=O) groups excluding carboxylic acids is 2. The molecule has 0 atom stereocenters. The molecule has 0 saturated heterocycles. The Morgan fingerprint density at radius 2 is 2.15 bits per heavy atom. The van der Waals surface area contributed by atoms with Crippen LogP contribution < -0.4 is 10.5 Å². The average Bonchev–Trinajstić information content (AvgIpc) is 2.49. The summed E-state index contributed by atoms with van der Waals surface area (Å²) < 4.78 is 4.78. The van der Waals surface area contributed by atoms with Gasteiger partial charge in [0.2, 0.25) is 5.91 Å². The number of nitrogens with two attached hydrogens (primary N) is 1. The Hall–Kier alpha value is -2.89. The summed E-state index contributed by atoms with van der Waals surface area (Å²) in [7, 11) is 1.43. The monoisotopic (exact) mass is 274 g/mol. The van der Waals surface area contributed by atoms with Crippen LogP contribution in [0.4, 0.5) is 0 Å². The fourth-order valence-electron chi connectivity index (χ4n) is 1.28. The summed E-state index contributed by atoms with van der Waals surface area (Å²) >= 11 is 0. The van der Waals surface area contributed by atoms with Crippen molar-refractivity contribution < 1.29 is 19.4 Å². The third kappa shape index (κ3) is 4.41. The number of aldehydes is 1. The predicted octanol–water partition coefficient (Wildman–Crippen LogP) is 1.39. The normalized spacial score (nSPS) is 9.05. The number of methoxy groups -OCH3 is 1. The van der Waals surface area contributed by atoms with Crippen molar-refractivity contribution in [2.24, 2.45) is 5.73 Å². The molecule has 0 aliphatic heterocycles. The summed E-state index contributed by atoms with van der Waals surface area (Å²) in [6.45, 7) is 0. The number of nitrogens with zero attached hydrogens (tertiary/aromatic N) is 1. The molecule has 1 heterocycles. The first kappa shape index (κ1) is 15.2. The van der Waals surface area contributed by atoms with E-state index >= 15 is 0 Å². The van der Waals surface area contributed by atoms with Gasteiger partial charge in [-0.2, -0.15) is 0 Å². The molecule has 0 radical (unpaired) electrons. The van der Waals surface area contributed by atoms with Gasteiger partial charge in [0.1, 0.15) is 6.29 Å². The number of carbonyl (C=O) groups is 2. The number of primary amides is 1.